The van der Waals surface area contributed by atoms with Crippen LogP contribution in [0.1, 0.15) is 66.8 Å². The molecule has 1 aromatic carbocycles. The van der Waals surface area contributed by atoms with E-state index in [1.54, 1.807) is 4.90 Å². The summed E-state index contributed by atoms with van der Waals surface area (Å²) in [7, 11) is 0. The summed E-state index contributed by atoms with van der Waals surface area (Å²) in [6, 6.07) is 5.38. The number of hydrogen-bond acceptors (Lipinski definition) is 3. The average molecular weight is 354 g/mol. The SMILES string of the molecule is NC(=O)C1CC2(CC2)CN1C(=O)c1ccc(C2CC2)c(OCC2CC2)c1. The summed E-state index contributed by atoms with van der Waals surface area (Å²) in [6.07, 6.45) is 7.80. The number of carbonyl (C=O) groups is 2. The summed E-state index contributed by atoms with van der Waals surface area (Å²) >= 11 is 0. The number of likely N-dealkylation sites (tertiary alicyclic amines) is 1. The Labute approximate surface area is 153 Å². The van der Waals surface area contributed by atoms with Crippen LogP contribution in [0, 0.1) is 11.3 Å². The van der Waals surface area contributed by atoms with Crippen LogP contribution in [0.25, 0.3) is 0 Å². The number of nitrogens with zero attached hydrogens (tertiary/aromatic N) is 1. The van der Waals surface area contributed by atoms with Crippen molar-refractivity contribution in [3.63, 3.8) is 0 Å². The zero-order valence-electron chi connectivity index (χ0n) is 15.1. The number of nitrogens with two attached hydrogens (primary N) is 1. The molecule has 0 aromatic heterocycles. The molecule has 0 radical (unpaired) electrons. The van der Waals surface area contributed by atoms with E-state index in [1.165, 1.54) is 31.2 Å². The summed E-state index contributed by atoms with van der Waals surface area (Å²) in [5.74, 6) is 1.64. The average Bonchev–Trinajstić information content (AvgIpc) is 3.48. The third-order valence-electron chi connectivity index (χ3n) is 6.50. The largest absolute Gasteiger partial charge is 0.493 e. The van der Waals surface area contributed by atoms with Crippen LogP contribution in [0.5, 0.6) is 5.75 Å². The minimum Gasteiger partial charge on any atom is -0.493 e. The summed E-state index contributed by atoms with van der Waals surface area (Å²) in [5.41, 5.74) is 7.58. The molecule has 1 atom stereocenters. The van der Waals surface area contributed by atoms with E-state index in [0.717, 1.165) is 31.6 Å². The van der Waals surface area contributed by atoms with E-state index >= 15 is 0 Å². The number of primary amides is 1. The molecule has 1 aliphatic heterocycles. The van der Waals surface area contributed by atoms with Crippen LogP contribution in [-0.4, -0.2) is 35.9 Å². The van der Waals surface area contributed by atoms with Crippen molar-refractivity contribution in [1.29, 1.82) is 0 Å². The maximum Gasteiger partial charge on any atom is 0.254 e. The van der Waals surface area contributed by atoms with Gasteiger partial charge in [-0.15, -0.1) is 0 Å². The molecular weight excluding hydrogens is 328 g/mol. The molecule has 5 heteroatoms. The topological polar surface area (TPSA) is 72.6 Å². The molecule has 5 nitrogen and oxygen atoms in total. The van der Waals surface area contributed by atoms with Crippen LogP contribution in [0.15, 0.2) is 18.2 Å². The second-order valence-corrected chi connectivity index (χ2v) is 8.84. The van der Waals surface area contributed by atoms with E-state index in [4.69, 9.17) is 10.5 Å². The second kappa shape index (κ2) is 5.73. The van der Waals surface area contributed by atoms with Crippen LogP contribution < -0.4 is 10.5 Å². The predicted octanol–water partition coefficient (Wildman–Crippen LogP) is 2.83. The number of rotatable bonds is 6. The molecule has 1 heterocycles. The lowest BCUT2D eigenvalue weighted by Gasteiger charge is -2.23. The van der Waals surface area contributed by atoms with Crippen molar-refractivity contribution >= 4 is 11.8 Å². The van der Waals surface area contributed by atoms with Crippen LogP contribution in [0.4, 0.5) is 0 Å². The van der Waals surface area contributed by atoms with Gasteiger partial charge in [0.05, 0.1) is 6.61 Å². The minimum absolute atomic E-state index is 0.0869. The first-order valence-corrected chi connectivity index (χ1v) is 9.92. The van der Waals surface area contributed by atoms with Gasteiger partial charge >= 0.3 is 0 Å². The Morgan fingerprint density at radius 2 is 1.96 bits per heavy atom. The molecule has 1 aromatic rings. The quantitative estimate of drug-likeness (QED) is 0.854. The Kier molecular flexibility index (Phi) is 3.56. The van der Waals surface area contributed by atoms with Gasteiger partial charge in [-0.05, 0) is 79.9 Å². The van der Waals surface area contributed by atoms with Crippen molar-refractivity contribution in [2.24, 2.45) is 17.1 Å². The van der Waals surface area contributed by atoms with E-state index in [-0.39, 0.29) is 17.2 Å². The van der Waals surface area contributed by atoms with E-state index in [2.05, 4.69) is 6.07 Å². The lowest BCUT2D eigenvalue weighted by molar-refractivity contribution is -0.121. The van der Waals surface area contributed by atoms with Gasteiger partial charge in [-0.3, -0.25) is 9.59 Å². The first kappa shape index (κ1) is 16.2. The third-order valence-corrected chi connectivity index (χ3v) is 6.50. The molecule has 1 saturated heterocycles. The van der Waals surface area contributed by atoms with Gasteiger partial charge in [-0.25, -0.2) is 0 Å². The number of ether oxygens (including phenoxy) is 1. The molecule has 26 heavy (non-hydrogen) atoms. The Bertz CT molecular complexity index is 763. The van der Waals surface area contributed by atoms with Crippen molar-refractivity contribution < 1.29 is 14.3 Å². The molecule has 2 N–H and O–H groups in total. The molecule has 5 rings (SSSR count). The van der Waals surface area contributed by atoms with E-state index in [0.29, 0.717) is 23.9 Å². The molecule has 1 unspecified atom stereocenters. The third kappa shape index (κ3) is 2.97. The van der Waals surface area contributed by atoms with Crippen molar-refractivity contribution in [2.75, 3.05) is 13.2 Å². The van der Waals surface area contributed by atoms with Crippen molar-refractivity contribution in [3.8, 4) is 5.75 Å². The predicted molar refractivity (Wildman–Crippen MR) is 96.9 cm³/mol. The van der Waals surface area contributed by atoms with Crippen LogP contribution in [0.2, 0.25) is 0 Å². The van der Waals surface area contributed by atoms with E-state index < -0.39 is 6.04 Å². The van der Waals surface area contributed by atoms with Gasteiger partial charge in [-0.2, -0.15) is 0 Å². The van der Waals surface area contributed by atoms with Gasteiger partial charge < -0.3 is 15.4 Å². The smallest absolute Gasteiger partial charge is 0.254 e. The maximum atomic E-state index is 13.1. The Hall–Kier alpha value is -2.04. The normalized spacial score (nSPS) is 26.2. The summed E-state index contributed by atoms with van der Waals surface area (Å²) in [4.78, 5) is 26.7. The molecule has 1 spiro atoms. The molecular formula is C21H26N2O3. The summed E-state index contributed by atoms with van der Waals surface area (Å²) in [6.45, 7) is 1.40. The van der Waals surface area contributed by atoms with E-state index in [1.807, 2.05) is 12.1 Å². The minimum atomic E-state index is -0.469. The van der Waals surface area contributed by atoms with Crippen molar-refractivity contribution in [2.45, 2.75) is 56.9 Å². The van der Waals surface area contributed by atoms with E-state index in [9.17, 15) is 9.59 Å². The molecule has 138 valence electrons. The van der Waals surface area contributed by atoms with Gasteiger partial charge in [0.25, 0.3) is 5.91 Å². The highest BCUT2D eigenvalue weighted by Gasteiger charge is 2.54. The second-order valence-electron chi connectivity index (χ2n) is 8.84. The van der Waals surface area contributed by atoms with Gasteiger partial charge in [0.15, 0.2) is 0 Å². The first-order chi connectivity index (χ1) is 12.5. The Morgan fingerprint density at radius 1 is 1.19 bits per heavy atom. The van der Waals surface area contributed by atoms with Gasteiger partial charge in [-0.1, -0.05) is 6.07 Å². The molecule has 3 aliphatic carbocycles. The fraction of sp³-hybridized carbons (Fsp3) is 0.619. The van der Waals surface area contributed by atoms with Crippen LogP contribution in [-0.2, 0) is 4.79 Å². The van der Waals surface area contributed by atoms with Crippen molar-refractivity contribution in [3.05, 3.63) is 29.3 Å². The lowest BCUT2D eigenvalue weighted by Crippen LogP contribution is -2.43. The number of benzene rings is 1. The zero-order chi connectivity index (χ0) is 17.9. The number of amides is 2. The Morgan fingerprint density at radius 3 is 2.58 bits per heavy atom. The maximum absolute atomic E-state index is 13.1. The standard InChI is InChI=1S/C21H26N2O3/c22-19(24)17-10-21(7-8-21)12-23(17)20(25)15-5-6-16(14-3-4-14)18(9-15)26-11-13-1-2-13/h5-6,9,13-14,17H,1-4,7-8,10-12H2,(H2,22,24). The van der Waals surface area contributed by atoms with Crippen molar-refractivity contribution in [1.82, 2.24) is 4.90 Å². The fourth-order valence-corrected chi connectivity index (χ4v) is 4.24. The highest BCUT2D eigenvalue weighted by molar-refractivity contribution is 5.98. The van der Waals surface area contributed by atoms with Gasteiger partial charge in [0.1, 0.15) is 11.8 Å². The molecule has 4 fully saturated rings. The van der Waals surface area contributed by atoms with Gasteiger partial charge in [0, 0.05) is 12.1 Å². The zero-order valence-corrected chi connectivity index (χ0v) is 15.1. The summed E-state index contributed by atoms with van der Waals surface area (Å²) < 4.78 is 6.08. The first-order valence-electron chi connectivity index (χ1n) is 9.92. The number of carbonyl (C=O) groups excluding carboxylic acids is 2. The molecule has 3 saturated carbocycles. The highest BCUT2D eigenvalue weighted by Crippen LogP contribution is 2.55. The molecule has 4 aliphatic rings. The van der Waals surface area contributed by atoms with Crippen LogP contribution in [0.3, 0.4) is 0 Å². The van der Waals surface area contributed by atoms with Gasteiger partial charge in [0.2, 0.25) is 5.91 Å². The number of hydrogen-bond donors (Lipinski definition) is 1. The van der Waals surface area contributed by atoms with Crippen LogP contribution >= 0.6 is 0 Å². The fourth-order valence-electron chi connectivity index (χ4n) is 4.24. The highest BCUT2D eigenvalue weighted by atomic mass is 16.5. The molecule has 0 bridgehead atoms. The monoisotopic (exact) mass is 354 g/mol. The molecule has 2 amide bonds. The summed E-state index contributed by atoms with van der Waals surface area (Å²) in [5, 5.41) is 0. The lowest BCUT2D eigenvalue weighted by atomic mass is 10.0. The Balaban J connectivity index is 1.40.